The first-order valence-electron chi connectivity index (χ1n) is 5.88. The molecule has 1 aromatic rings. The van der Waals surface area contributed by atoms with Crippen LogP contribution in [-0.2, 0) is 0 Å². The number of hydrogen-bond acceptors (Lipinski definition) is 2. The van der Waals surface area contributed by atoms with Crippen LogP contribution in [0.15, 0.2) is 18.2 Å². The zero-order chi connectivity index (χ0) is 11.5. The zero-order valence-electron chi connectivity index (χ0n) is 9.58. The SMILES string of the molecule is CC(N)c1ccc(OC2CCCC2)cc1Cl. The molecule has 88 valence electrons. The lowest BCUT2D eigenvalue weighted by Crippen LogP contribution is -2.11. The van der Waals surface area contributed by atoms with E-state index in [-0.39, 0.29) is 6.04 Å². The van der Waals surface area contributed by atoms with Crippen LogP contribution in [0.2, 0.25) is 5.02 Å². The molecular weight excluding hydrogens is 222 g/mol. The van der Waals surface area contributed by atoms with E-state index >= 15 is 0 Å². The van der Waals surface area contributed by atoms with Crippen LogP contribution in [0.25, 0.3) is 0 Å². The van der Waals surface area contributed by atoms with Gasteiger partial charge in [-0.05, 0) is 50.3 Å². The summed E-state index contributed by atoms with van der Waals surface area (Å²) in [6.07, 6.45) is 5.24. The number of hydrogen-bond donors (Lipinski definition) is 1. The van der Waals surface area contributed by atoms with E-state index in [1.54, 1.807) is 0 Å². The van der Waals surface area contributed by atoms with Crippen LogP contribution in [-0.4, -0.2) is 6.10 Å². The number of nitrogens with two attached hydrogens (primary N) is 1. The molecule has 0 amide bonds. The molecule has 1 atom stereocenters. The highest BCUT2D eigenvalue weighted by Gasteiger charge is 2.17. The Kier molecular flexibility index (Phi) is 3.72. The van der Waals surface area contributed by atoms with Gasteiger partial charge in [0, 0.05) is 11.1 Å². The van der Waals surface area contributed by atoms with Crippen molar-refractivity contribution in [3.8, 4) is 5.75 Å². The average Bonchev–Trinajstić information content (AvgIpc) is 2.70. The molecule has 3 heteroatoms. The smallest absolute Gasteiger partial charge is 0.121 e. The second-order valence-electron chi connectivity index (χ2n) is 4.50. The fraction of sp³-hybridized carbons (Fsp3) is 0.538. The summed E-state index contributed by atoms with van der Waals surface area (Å²) in [6.45, 7) is 1.93. The molecule has 0 aliphatic heterocycles. The Balaban J connectivity index is 2.08. The Morgan fingerprint density at radius 2 is 2.06 bits per heavy atom. The molecule has 0 spiro atoms. The molecule has 2 rings (SSSR count). The maximum atomic E-state index is 6.15. The van der Waals surface area contributed by atoms with Gasteiger partial charge in [0.05, 0.1) is 6.10 Å². The Hall–Kier alpha value is -0.730. The molecule has 0 radical (unpaired) electrons. The predicted octanol–water partition coefficient (Wildman–Crippen LogP) is 3.68. The van der Waals surface area contributed by atoms with Gasteiger partial charge in [-0.1, -0.05) is 17.7 Å². The number of benzene rings is 1. The maximum Gasteiger partial charge on any atom is 0.121 e. The molecule has 1 aliphatic carbocycles. The van der Waals surface area contributed by atoms with Crippen molar-refractivity contribution in [1.29, 1.82) is 0 Å². The normalized spacial score (nSPS) is 18.7. The summed E-state index contributed by atoms with van der Waals surface area (Å²) in [5.74, 6) is 0.862. The lowest BCUT2D eigenvalue weighted by molar-refractivity contribution is 0.210. The Labute approximate surface area is 102 Å². The van der Waals surface area contributed by atoms with E-state index in [1.165, 1.54) is 12.8 Å². The van der Waals surface area contributed by atoms with E-state index in [0.717, 1.165) is 24.2 Å². The second-order valence-corrected chi connectivity index (χ2v) is 4.90. The van der Waals surface area contributed by atoms with Gasteiger partial charge in [0.25, 0.3) is 0 Å². The van der Waals surface area contributed by atoms with Crippen molar-refractivity contribution in [2.24, 2.45) is 5.73 Å². The van der Waals surface area contributed by atoms with Crippen molar-refractivity contribution in [2.75, 3.05) is 0 Å². The van der Waals surface area contributed by atoms with Crippen molar-refractivity contribution >= 4 is 11.6 Å². The molecule has 1 unspecified atom stereocenters. The Morgan fingerprint density at radius 1 is 1.38 bits per heavy atom. The molecular formula is C13H18ClNO. The van der Waals surface area contributed by atoms with Gasteiger partial charge in [-0.2, -0.15) is 0 Å². The minimum absolute atomic E-state index is 0.0342. The van der Waals surface area contributed by atoms with Gasteiger partial charge >= 0.3 is 0 Å². The van der Waals surface area contributed by atoms with Crippen molar-refractivity contribution < 1.29 is 4.74 Å². The van der Waals surface area contributed by atoms with Crippen LogP contribution in [0, 0.1) is 0 Å². The summed E-state index contributed by atoms with van der Waals surface area (Å²) in [4.78, 5) is 0. The van der Waals surface area contributed by atoms with Crippen LogP contribution in [0.1, 0.15) is 44.2 Å². The molecule has 1 aromatic carbocycles. The summed E-state index contributed by atoms with van der Waals surface area (Å²) in [5, 5.41) is 0.700. The van der Waals surface area contributed by atoms with Crippen molar-refractivity contribution in [3.63, 3.8) is 0 Å². The van der Waals surface area contributed by atoms with Gasteiger partial charge in [-0.15, -0.1) is 0 Å². The lowest BCUT2D eigenvalue weighted by atomic mass is 10.1. The molecule has 1 aliphatic rings. The third kappa shape index (κ3) is 2.69. The predicted molar refractivity (Wildman–Crippen MR) is 66.9 cm³/mol. The number of ether oxygens (including phenoxy) is 1. The third-order valence-electron chi connectivity index (χ3n) is 3.07. The van der Waals surface area contributed by atoms with Crippen LogP contribution in [0.4, 0.5) is 0 Å². The van der Waals surface area contributed by atoms with E-state index in [9.17, 15) is 0 Å². The molecule has 1 fully saturated rings. The van der Waals surface area contributed by atoms with E-state index in [4.69, 9.17) is 22.1 Å². The summed E-state index contributed by atoms with van der Waals surface area (Å²) in [5.41, 5.74) is 6.78. The third-order valence-corrected chi connectivity index (χ3v) is 3.39. The van der Waals surface area contributed by atoms with Gasteiger partial charge in [0.15, 0.2) is 0 Å². The van der Waals surface area contributed by atoms with Crippen molar-refractivity contribution in [2.45, 2.75) is 44.8 Å². The van der Waals surface area contributed by atoms with E-state index in [0.29, 0.717) is 11.1 Å². The topological polar surface area (TPSA) is 35.2 Å². The molecule has 0 bridgehead atoms. The zero-order valence-corrected chi connectivity index (χ0v) is 10.3. The maximum absolute atomic E-state index is 6.15. The van der Waals surface area contributed by atoms with Gasteiger partial charge in [0.1, 0.15) is 5.75 Å². The van der Waals surface area contributed by atoms with Gasteiger partial charge in [-0.3, -0.25) is 0 Å². The van der Waals surface area contributed by atoms with Gasteiger partial charge in [-0.25, -0.2) is 0 Å². The first-order chi connectivity index (χ1) is 7.66. The van der Waals surface area contributed by atoms with Gasteiger partial charge < -0.3 is 10.5 Å². The molecule has 0 aromatic heterocycles. The molecule has 2 nitrogen and oxygen atoms in total. The molecule has 1 saturated carbocycles. The first kappa shape index (κ1) is 11.7. The largest absolute Gasteiger partial charge is 0.490 e. The summed E-state index contributed by atoms with van der Waals surface area (Å²) >= 11 is 6.15. The van der Waals surface area contributed by atoms with Crippen LogP contribution >= 0.6 is 11.6 Å². The minimum atomic E-state index is -0.0342. The monoisotopic (exact) mass is 239 g/mol. The van der Waals surface area contributed by atoms with Crippen molar-refractivity contribution in [3.05, 3.63) is 28.8 Å². The fourth-order valence-electron chi connectivity index (χ4n) is 2.15. The molecule has 0 heterocycles. The second kappa shape index (κ2) is 5.07. The lowest BCUT2D eigenvalue weighted by Gasteiger charge is -2.15. The number of halogens is 1. The fourth-order valence-corrected chi connectivity index (χ4v) is 2.49. The van der Waals surface area contributed by atoms with Crippen LogP contribution in [0.3, 0.4) is 0 Å². The van der Waals surface area contributed by atoms with Gasteiger partial charge in [0.2, 0.25) is 0 Å². The highest BCUT2D eigenvalue weighted by atomic mass is 35.5. The molecule has 2 N–H and O–H groups in total. The molecule has 16 heavy (non-hydrogen) atoms. The van der Waals surface area contributed by atoms with E-state index in [1.807, 2.05) is 25.1 Å². The van der Waals surface area contributed by atoms with Crippen LogP contribution < -0.4 is 10.5 Å². The van der Waals surface area contributed by atoms with Crippen molar-refractivity contribution in [1.82, 2.24) is 0 Å². The Bertz CT molecular complexity index is 359. The highest BCUT2D eigenvalue weighted by Crippen LogP contribution is 2.29. The first-order valence-corrected chi connectivity index (χ1v) is 6.26. The molecule has 0 saturated heterocycles. The van der Waals surface area contributed by atoms with Crippen LogP contribution in [0.5, 0.6) is 5.75 Å². The summed E-state index contributed by atoms with van der Waals surface area (Å²) in [6, 6.07) is 5.76. The highest BCUT2D eigenvalue weighted by molar-refractivity contribution is 6.31. The Morgan fingerprint density at radius 3 is 2.62 bits per heavy atom. The average molecular weight is 240 g/mol. The minimum Gasteiger partial charge on any atom is -0.490 e. The quantitative estimate of drug-likeness (QED) is 0.873. The van der Waals surface area contributed by atoms with E-state index < -0.39 is 0 Å². The summed E-state index contributed by atoms with van der Waals surface area (Å²) in [7, 11) is 0. The van der Waals surface area contributed by atoms with E-state index in [2.05, 4.69) is 0 Å². The summed E-state index contributed by atoms with van der Waals surface area (Å²) < 4.78 is 5.87. The number of rotatable bonds is 3. The standard InChI is InChI=1S/C13H18ClNO/c1-9(15)12-7-6-11(8-13(12)14)16-10-4-2-3-5-10/h6-10H,2-5,15H2,1H3.